The highest BCUT2D eigenvalue weighted by molar-refractivity contribution is 5.32. The van der Waals surface area contributed by atoms with Crippen LogP contribution in [0.3, 0.4) is 0 Å². The number of ether oxygens (including phenoxy) is 2. The lowest BCUT2D eigenvalue weighted by molar-refractivity contribution is 0.242. The lowest BCUT2D eigenvalue weighted by Crippen LogP contribution is -2.39. The van der Waals surface area contributed by atoms with Gasteiger partial charge in [0.05, 0.1) is 13.2 Å². The standard InChI is InChI=1S/C16H27NO2/c1-6-18-14-8-7-9-15(10-14)19-12-13(2)11-17-16(3,4)5/h7-10,13,17H,6,11-12H2,1-5H3. The summed E-state index contributed by atoms with van der Waals surface area (Å²) < 4.78 is 11.3. The minimum absolute atomic E-state index is 0.156. The first-order valence-corrected chi connectivity index (χ1v) is 7.01. The first-order chi connectivity index (χ1) is 8.90. The monoisotopic (exact) mass is 265 g/mol. The molecule has 1 aromatic rings. The van der Waals surface area contributed by atoms with Crippen molar-refractivity contribution in [3.8, 4) is 11.5 Å². The summed E-state index contributed by atoms with van der Waals surface area (Å²) in [5.74, 6) is 2.20. The Morgan fingerprint density at radius 3 is 2.37 bits per heavy atom. The summed E-state index contributed by atoms with van der Waals surface area (Å²) in [6.45, 7) is 13.0. The second kappa shape index (κ2) is 7.39. The minimum atomic E-state index is 0.156. The van der Waals surface area contributed by atoms with Gasteiger partial charge < -0.3 is 14.8 Å². The third-order valence-corrected chi connectivity index (χ3v) is 2.63. The fourth-order valence-electron chi connectivity index (χ4n) is 1.60. The highest BCUT2D eigenvalue weighted by Crippen LogP contribution is 2.19. The first kappa shape index (κ1) is 15.8. The molecule has 0 radical (unpaired) electrons. The number of benzene rings is 1. The molecule has 0 fully saturated rings. The average molecular weight is 265 g/mol. The van der Waals surface area contributed by atoms with Crippen molar-refractivity contribution in [3.05, 3.63) is 24.3 Å². The number of hydrogen-bond donors (Lipinski definition) is 1. The molecule has 1 atom stereocenters. The van der Waals surface area contributed by atoms with Crippen molar-refractivity contribution in [3.63, 3.8) is 0 Å². The van der Waals surface area contributed by atoms with Crippen molar-refractivity contribution in [2.45, 2.75) is 40.2 Å². The minimum Gasteiger partial charge on any atom is -0.494 e. The maximum Gasteiger partial charge on any atom is 0.122 e. The van der Waals surface area contributed by atoms with E-state index in [0.29, 0.717) is 19.1 Å². The number of hydrogen-bond acceptors (Lipinski definition) is 3. The van der Waals surface area contributed by atoms with E-state index in [2.05, 4.69) is 33.0 Å². The lowest BCUT2D eigenvalue weighted by Gasteiger charge is -2.23. The van der Waals surface area contributed by atoms with Gasteiger partial charge in [0.1, 0.15) is 11.5 Å². The summed E-state index contributed by atoms with van der Waals surface area (Å²) in [6.07, 6.45) is 0. The van der Waals surface area contributed by atoms with Gasteiger partial charge in [-0.15, -0.1) is 0 Å². The van der Waals surface area contributed by atoms with Crippen LogP contribution in [-0.4, -0.2) is 25.3 Å². The van der Waals surface area contributed by atoms with Crippen molar-refractivity contribution >= 4 is 0 Å². The smallest absolute Gasteiger partial charge is 0.122 e. The Morgan fingerprint density at radius 2 is 1.79 bits per heavy atom. The van der Waals surface area contributed by atoms with Gasteiger partial charge in [0.15, 0.2) is 0 Å². The summed E-state index contributed by atoms with van der Waals surface area (Å²) >= 11 is 0. The molecular formula is C16H27NO2. The van der Waals surface area contributed by atoms with Crippen LogP contribution in [-0.2, 0) is 0 Å². The molecule has 0 saturated carbocycles. The van der Waals surface area contributed by atoms with E-state index in [9.17, 15) is 0 Å². The maximum atomic E-state index is 5.80. The molecule has 1 aromatic carbocycles. The van der Waals surface area contributed by atoms with E-state index in [1.165, 1.54) is 0 Å². The fourth-order valence-corrected chi connectivity index (χ4v) is 1.60. The SMILES string of the molecule is CCOc1cccc(OCC(C)CNC(C)(C)C)c1. The van der Waals surface area contributed by atoms with E-state index in [4.69, 9.17) is 9.47 Å². The van der Waals surface area contributed by atoms with E-state index in [0.717, 1.165) is 18.0 Å². The largest absolute Gasteiger partial charge is 0.494 e. The Hall–Kier alpha value is -1.22. The molecule has 0 saturated heterocycles. The van der Waals surface area contributed by atoms with Crippen molar-refractivity contribution < 1.29 is 9.47 Å². The molecule has 0 aliphatic carbocycles. The highest BCUT2D eigenvalue weighted by atomic mass is 16.5. The summed E-state index contributed by atoms with van der Waals surface area (Å²) in [4.78, 5) is 0. The molecule has 1 rings (SSSR count). The Bertz CT molecular complexity index is 371. The molecule has 0 amide bonds. The Morgan fingerprint density at radius 1 is 1.16 bits per heavy atom. The van der Waals surface area contributed by atoms with Gasteiger partial charge in [0.2, 0.25) is 0 Å². The maximum absolute atomic E-state index is 5.80. The van der Waals surface area contributed by atoms with Crippen LogP contribution >= 0.6 is 0 Å². The molecule has 0 aromatic heterocycles. The van der Waals surface area contributed by atoms with Gasteiger partial charge in [-0.2, -0.15) is 0 Å². The molecular weight excluding hydrogens is 238 g/mol. The van der Waals surface area contributed by atoms with Crippen molar-refractivity contribution in [1.82, 2.24) is 5.32 Å². The van der Waals surface area contributed by atoms with E-state index in [1.807, 2.05) is 31.2 Å². The van der Waals surface area contributed by atoms with Crippen LogP contribution in [0.1, 0.15) is 34.6 Å². The van der Waals surface area contributed by atoms with Gasteiger partial charge in [0, 0.05) is 24.1 Å². The normalized spacial score (nSPS) is 13.1. The Kier molecular flexibility index (Phi) is 6.16. The molecule has 3 nitrogen and oxygen atoms in total. The van der Waals surface area contributed by atoms with Crippen molar-refractivity contribution in [2.75, 3.05) is 19.8 Å². The van der Waals surface area contributed by atoms with Crippen LogP contribution in [0, 0.1) is 5.92 Å². The predicted molar refractivity (Wildman–Crippen MR) is 80.0 cm³/mol. The van der Waals surface area contributed by atoms with Crippen LogP contribution in [0.5, 0.6) is 11.5 Å². The van der Waals surface area contributed by atoms with Crippen LogP contribution in [0.2, 0.25) is 0 Å². The second-order valence-electron chi connectivity index (χ2n) is 5.95. The molecule has 0 aliphatic rings. The van der Waals surface area contributed by atoms with E-state index >= 15 is 0 Å². The Labute approximate surface area is 117 Å². The van der Waals surface area contributed by atoms with Crippen LogP contribution < -0.4 is 14.8 Å². The predicted octanol–water partition coefficient (Wildman–Crippen LogP) is 3.49. The van der Waals surface area contributed by atoms with Crippen LogP contribution in [0.25, 0.3) is 0 Å². The highest BCUT2D eigenvalue weighted by Gasteiger charge is 2.11. The Balaban J connectivity index is 2.37. The molecule has 0 heterocycles. The molecule has 1 unspecified atom stereocenters. The van der Waals surface area contributed by atoms with Gasteiger partial charge in [-0.1, -0.05) is 13.0 Å². The summed E-state index contributed by atoms with van der Waals surface area (Å²) in [7, 11) is 0. The zero-order chi connectivity index (χ0) is 14.3. The van der Waals surface area contributed by atoms with E-state index in [1.54, 1.807) is 0 Å². The molecule has 19 heavy (non-hydrogen) atoms. The van der Waals surface area contributed by atoms with Crippen molar-refractivity contribution in [2.24, 2.45) is 5.92 Å². The van der Waals surface area contributed by atoms with Gasteiger partial charge in [0.25, 0.3) is 0 Å². The molecule has 0 aliphatic heterocycles. The van der Waals surface area contributed by atoms with Crippen molar-refractivity contribution in [1.29, 1.82) is 0 Å². The zero-order valence-corrected chi connectivity index (χ0v) is 12.8. The quantitative estimate of drug-likeness (QED) is 0.818. The molecule has 0 bridgehead atoms. The fraction of sp³-hybridized carbons (Fsp3) is 0.625. The molecule has 1 N–H and O–H groups in total. The first-order valence-electron chi connectivity index (χ1n) is 7.01. The van der Waals surface area contributed by atoms with Gasteiger partial charge in [-0.3, -0.25) is 0 Å². The van der Waals surface area contributed by atoms with Gasteiger partial charge >= 0.3 is 0 Å². The lowest BCUT2D eigenvalue weighted by atomic mass is 10.1. The van der Waals surface area contributed by atoms with Crippen LogP contribution in [0.15, 0.2) is 24.3 Å². The van der Waals surface area contributed by atoms with Gasteiger partial charge in [-0.25, -0.2) is 0 Å². The molecule has 0 spiro atoms. The number of nitrogens with one attached hydrogen (secondary N) is 1. The van der Waals surface area contributed by atoms with E-state index in [-0.39, 0.29) is 5.54 Å². The van der Waals surface area contributed by atoms with Gasteiger partial charge in [-0.05, 0) is 39.8 Å². The summed E-state index contributed by atoms with van der Waals surface area (Å²) in [5, 5.41) is 3.48. The summed E-state index contributed by atoms with van der Waals surface area (Å²) in [5.41, 5.74) is 0.156. The molecule has 3 heteroatoms. The molecule has 108 valence electrons. The third-order valence-electron chi connectivity index (χ3n) is 2.63. The summed E-state index contributed by atoms with van der Waals surface area (Å²) in [6, 6.07) is 7.80. The third kappa shape index (κ3) is 7.06. The van der Waals surface area contributed by atoms with Crippen LogP contribution in [0.4, 0.5) is 0 Å². The number of rotatable bonds is 7. The van der Waals surface area contributed by atoms with E-state index < -0.39 is 0 Å². The zero-order valence-electron chi connectivity index (χ0n) is 12.8. The second-order valence-corrected chi connectivity index (χ2v) is 5.95. The topological polar surface area (TPSA) is 30.5 Å². The average Bonchev–Trinajstić information content (AvgIpc) is 2.34.